The van der Waals surface area contributed by atoms with E-state index in [1.165, 1.54) is 32.3 Å². The summed E-state index contributed by atoms with van der Waals surface area (Å²) in [6.07, 6.45) is 0. The van der Waals surface area contributed by atoms with Gasteiger partial charge in [0, 0.05) is 54.2 Å². The predicted molar refractivity (Wildman–Crippen MR) is 258 cm³/mol. The van der Waals surface area contributed by atoms with E-state index in [0.29, 0.717) is 17.5 Å². The van der Waals surface area contributed by atoms with Crippen molar-refractivity contribution in [3.8, 4) is 39.9 Å². The van der Waals surface area contributed by atoms with E-state index in [-0.39, 0.29) is 0 Å². The van der Waals surface area contributed by atoms with Gasteiger partial charge in [0.2, 0.25) is 0 Å². The minimum atomic E-state index is 0.527. The highest BCUT2D eigenvalue weighted by Gasteiger charge is 2.24. The molecular formula is C57H32N4O2. The zero-order chi connectivity index (χ0) is 41.2. The first-order chi connectivity index (χ1) is 31.2. The van der Waals surface area contributed by atoms with Crippen molar-refractivity contribution < 1.29 is 8.83 Å². The van der Waals surface area contributed by atoms with Crippen LogP contribution in [0.3, 0.4) is 0 Å². The summed E-state index contributed by atoms with van der Waals surface area (Å²) < 4.78 is 15.9. The van der Waals surface area contributed by atoms with Gasteiger partial charge in [-0.3, -0.25) is 0 Å². The van der Waals surface area contributed by atoms with Gasteiger partial charge >= 0.3 is 0 Å². The molecule has 4 aromatic heterocycles. The van der Waals surface area contributed by atoms with E-state index in [1.807, 2.05) is 60.7 Å². The molecule has 0 atom stereocenters. The Morgan fingerprint density at radius 3 is 1.81 bits per heavy atom. The van der Waals surface area contributed by atoms with Gasteiger partial charge in [-0.2, -0.15) is 0 Å². The lowest BCUT2D eigenvalue weighted by Crippen LogP contribution is -2.00. The standard InChI is InChI=1S/C57H32N4O2/c1-2-15-34(16-3-1)55-58-56(42-24-13-27-50-52(42)41-22-10-11-26-49(41)62-50)60-57(59-55)43-25-12-23-40-44-32-48(38-20-8-9-21-39(38)54(44)63-53(40)43)61-46-29-28-33-14-6-7-19-37(33)51(46)45-30-35-17-4-5-18-36(35)31-47(45)61/h1-32H. The number of benzene rings is 10. The summed E-state index contributed by atoms with van der Waals surface area (Å²) in [6.45, 7) is 0. The maximum Gasteiger partial charge on any atom is 0.167 e. The summed E-state index contributed by atoms with van der Waals surface area (Å²) in [6, 6.07) is 68.0. The van der Waals surface area contributed by atoms with Gasteiger partial charge in [0.1, 0.15) is 22.3 Å². The highest BCUT2D eigenvalue weighted by molar-refractivity contribution is 6.25. The fourth-order valence-electron chi connectivity index (χ4n) is 9.99. The molecule has 10 aromatic carbocycles. The molecule has 292 valence electrons. The summed E-state index contributed by atoms with van der Waals surface area (Å²) in [5.41, 5.74) is 9.09. The lowest BCUT2D eigenvalue weighted by Gasteiger charge is -2.13. The van der Waals surface area contributed by atoms with E-state index < -0.39 is 0 Å². The zero-order valence-corrected chi connectivity index (χ0v) is 33.6. The molecule has 14 aromatic rings. The van der Waals surface area contributed by atoms with Crippen molar-refractivity contribution in [1.29, 1.82) is 0 Å². The quantitative estimate of drug-likeness (QED) is 0.177. The molecule has 0 amide bonds. The third kappa shape index (κ3) is 4.97. The van der Waals surface area contributed by atoms with Crippen LogP contribution in [0.5, 0.6) is 0 Å². The maximum atomic E-state index is 7.10. The monoisotopic (exact) mass is 804 g/mol. The Kier molecular flexibility index (Phi) is 7.02. The van der Waals surface area contributed by atoms with Crippen LogP contribution in [0.25, 0.3) is 138 Å². The second kappa shape index (κ2) is 12.9. The molecular weight excluding hydrogens is 773 g/mol. The van der Waals surface area contributed by atoms with Gasteiger partial charge in [-0.1, -0.05) is 152 Å². The molecule has 63 heavy (non-hydrogen) atoms. The van der Waals surface area contributed by atoms with Crippen LogP contribution >= 0.6 is 0 Å². The maximum absolute atomic E-state index is 7.10. The second-order valence-electron chi connectivity index (χ2n) is 16.3. The Morgan fingerprint density at radius 2 is 0.952 bits per heavy atom. The van der Waals surface area contributed by atoms with Crippen LogP contribution in [-0.4, -0.2) is 19.5 Å². The molecule has 0 spiro atoms. The minimum absolute atomic E-state index is 0.527. The van der Waals surface area contributed by atoms with Crippen molar-refractivity contribution in [2.75, 3.05) is 0 Å². The van der Waals surface area contributed by atoms with Crippen molar-refractivity contribution in [2.24, 2.45) is 0 Å². The highest BCUT2D eigenvalue weighted by atomic mass is 16.3. The summed E-state index contributed by atoms with van der Waals surface area (Å²) in [5, 5.41) is 13.5. The van der Waals surface area contributed by atoms with Crippen LogP contribution in [-0.2, 0) is 0 Å². The van der Waals surface area contributed by atoms with Gasteiger partial charge < -0.3 is 13.4 Å². The third-order valence-electron chi connectivity index (χ3n) is 12.8. The van der Waals surface area contributed by atoms with E-state index in [0.717, 1.165) is 88.1 Å². The fourth-order valence-corrected chi connectivity index (χ4v) is 9.99. The minimum Gasteiger partial charge on any atom is -0.456 e. The van der Waals surface area contributed by atoms with Crippen LogP contribution in [0.15, 0.2) is 203 Å². The first-order valence-corrected chi connectivity index (χ1v) is 21.2. The molecule has 0 saturated heterocycles. The summed E-state index contributed by atoms with van der Waals surface area (Å²) in [7, 11) is 0. The van der Waals surface area contributed by atoms with E-state index in [1.54, 1.807) is 0 Å². The Bertz CT molecular complexity index is 4220. The van der Waals surface area contributed by atoms with Crippen LogP contribution in [0.2, 0.25) is 0 Å². The van der Waals surface area contributed by atoms with E-state index in [2.05, 4.69) is 138 Å². The van der Waals surface area contributed by atoms with Gasteiger partial charge in [-0.15, -0.1) is 0 Å². The van der Waals surface area contributed by atoms with Gasteiger partial charge in [-0.05, 0) is 64.0 Å². The smallest absolute Gasteiger partial charge is 0.167 e. The summed E-state index contributed by atoms with van der Waals surface area (Å²) in [4.78, 5) is 15.6. The van der Waals surface area contributed by atoms with Crippen LogP contribution in [0, 0.1) is 0 Å². The van der Waals surface area contributed by atoms with E-state index >= 15 is 0 Å². The first-order valence-electron chi connectivity index (χ1n) is 21.2. The van der Waals surface area contributed by atoms with E-state index in [9.17, 15) is 0 Å². The lowest BCUT2D eigenvalue weighted by molar-refractivity contribution is 0.669. The van der Waals surface area contributed by atoms with Gasteiger partial charge in [0.25, 0.3) is 0 Å². The number of furan rings is 2. The van der Waals surface area contributed by atoms with Gasteiger partial charge in [0.15, 0.2) is 17.5 Å². The van der Waals surface area contributed by atoms with E-state index in [4.69, 9.17) is 23.8 Å². The largest absolute Gasteiger partial charge is 0.456 e. The molecule has 0 saturated carbocycles. The zero-order valence-electron chi connectivity index (χ0n) is 33.6. The molecule has 4 heterocycles. The third-order valence-corrected chi connectivity index (χ3v) is 12.8. The van der Waals surface area contributed by atoms with Crippen molar-refractivity contribution >= 4 is 98.0 Å². The van der Waals surface area contributed by atoms with Crippen molar-refractivity contribution in [3.05, 3.63) is 194 Å². The van der Waals surface area contributed by atoms with Crippen molar-refractivity contribution in [3.63, 3.8) is 0 Å². The Morgan fingerprint density at radius 1 is 0.333 bits per heavy atom. The summed E-state index contributed by atoms with van der Waals surface area (Å²) >= 11 is 0. The first kappa shape index (κ1) is 34.1. The SMILES string of the molecule is c1ccc(-c2nc(-c3cccc4c3oc3c5ccccc5c(-n5c6cc7ccccc7cc6c6c7ccccc7ccc65)cc43)nc(-c3cccc4oc5ccccc5c34)n2)cc1. The van der Waals surface area contributed by atoms with Crippen molar-refractivity contribution in [2.45, 2.75) is 0 Å². The molecule has 0 unspecified atom stereocenters. The Balaban J connectivity index is 1.05. The van der Waals surface area contributed by atoms with Crippen LogP contribution < -0.4 is 0 Å². The molecule has 0 fully saturated rings. The molecule has 0 N–H and O–H groups in total. The second-order valence-corrected chi connectivity index (χ2v) is 16.3. The normalized spacial score (nSPS) is 12.1. The van der Waals surface area contributed by atoms with Crippen LogP contribution in [0.1, 0.15) is 0 Å². The van der Waals surface area contributed by atoms with Crippen molar-refractivity contribution in [1.82, 2.24) is 19.5 Å². The molecule has 6 nitrogen and oxygen atoms in total. The van der Waals surface area contributed by atoms with Gasteiger partial charge in [0.05, 0.1) is 22.3 Å². The lowest BCUT2D eigenvalue weighted by atomic mass is 10.0. The molecule has 0 bridgehead atoms. The van der Waals surface area contributed by atoms with Gasteiger partial charge in [-0.25, -0.2) is 15.0 Å². The number of nitrogens with zero attached hydrogens (tertiary/aromatic N) is 4. The highest BCUT2D eigenvalue weighted by Crippen LogP contribution is 2.45. The Hall–Kier alpha value is -8.61. The Labute approximate surface area is 358 Å². The average molecular weight is 805 g/mol. The molecule has 6 heteroatoms. The molecule has 0 radical (unpaired) electrons. The summed E-state index contributed by atoms with van der Waals surface area (Å²) in [5.74, 6) is 1.66. The molecule has 0 aliphatic carbocycles. The average Bonchev–Trinajstić information content (AvgIpc) is 4.03. The number of para-hydroxylation sites is 2. The molecule has 0 aliphatic heterocycles. The topological polar surface area (TPSA) is 69.9 Å². The number of rotatable bonds is 4. The number of aromatic nitrogens is 4. The molecule has 0 aliphatic rings. The number of fused-ring (bicyclic) bond motifs is 14. The number of hydrogen-bond acceptors (Lipinski definition) is 5. The van der Waals surface area contributed by atoms with Crippen LogP contribution in [0.4, 0.5) is 0 Å². The number of hydrogen-bond donors (Lipinski definition) is 0. The predicted octanol–water partition coefficient (Wildman–Crippen LogP) is 15.2. The molecule has 14 rings (SSSR count). The fraction of sp³-hybridized carbons (Fsp3) is 0.